The highest BCUT2D eigenvalue weighted by Crippen LogP contribution is 2.13. The molecule has 2 N–H and O–H groups in total. The van der Waals surface area contributed by atoms with Gasteiger partial charge < -0.3 is 15.5 Å². The fourth-order valence-corrected chi connectivity index (χ4v) is 2.38. The van der Waals surface area contributed by atoms with Gasteiger partial charge in [0.25, 0.3) is 5.91 Å². The van der Waals surface area contributed by atoms with Gasteiger partial charge >= 0.3 is 0 Å². The molecular formula is C15H21N3O2. The highest BCUT2D eigenvalue weighted by atomic mass is 16.2. The Balaban J connectivity index is 1.69. The van der Waals surface area contributed by atoms with Gasteiger partial charge in [-0.2, -0.15) is 0 Å². The van der Waals surface area contributed by atoms with Gasteiger partial charge in [-0.3, -0.25) is 9.59 Å². The summed E-state index contributed by atoms with van der Waals surface area (Å²) in [6, 6.07) is 9.31. The molecule has 0 radical (unpaired) electrons. The second-order valence-corrected chi connectivity index (χ2v) is 5.13. The summed E-state index contributed by atoms with van der Waals surface area (Å²) in [5, 5.41) is 5.49. The number of amides is 2. The predicted molar refractivity (Wildman–Crippen MR) is 77.4 cm³/mol. The summed E-state index contributed by atoms with van der Waals surface area (Å²) in [7, 11) is 2.07. The van der Waals surface area contributed by atoms with Gasteiger partial charge in [0.2, 0.25) is 5.91 Å². The Bertz CT molecular complexity index is 461. The van der Waals surface area contributed by atoms with Crippen LogP contribution in [0.25, 0.3) is 0 Å². The second kappa shape index (κ2) is 7.05. The zero-order valence-corrected chi connectivity index (χ0v) is 11.8. The molecule has 1 saturated heterocycles. The van der Waals surface area contributed by atoms with Gasteiger partial charge in [-0.1, -0.05) is 18.2 Å². The molecule has 2 amide bonds. The number of carbonyl (C=O) groups excluding carboxylic acids is 2. The third-order valence-corrected chi connectivity index (χ3v) is 3.65. The van der Waals surface area contributed by atoms with Crippen molar-refractivity contribution in [2.45, 2.75) is 18.9 Å². The lowest BCUT2D eigenvalue weighted by Gasteiger charge is -2.19. The number of rotatable bonds is 5. The molecule has 0 bridgehead atoms. The van der Waals surface area contributed by atoms with Gasteiger partial charge in [0.15, 0.2) is 0 Å². The molecule has 0 aliphatic carbocycles. The monoisotopic (exact) mass is 275 g/mol. The van der Waals surface area contributed by atoms with Crippen molar-refractivity contribution in [3.63, 3.8) is 0 Å². The molecule has 1 aromatic rings. The summed E-state index contributed by atoms with van der Waals surface area (Å²) in [5.41, 5.74) is 0.566. The highest BCUT2D eigenvalue weighted by molar-refractivity contribution is 5.96. The lowest BCUT2D eigenvalue weighted by atomic mass is 10.2. The molecule has 1 aliphatic heterocycles. The lowest BCUT2D eigenvalue weighted by molar-refractivity contribution is -0.120. The second-order valence-electron chi connectivity index (χ2n) is 5.13. The van der Waals surface area contributed by atoms with Crippen molar-refractivity contribution in [1.29, 1.82) is 0 Å². The van der Waals surface area contributed by atoms with Crippen LogP contribution in [0.3, 0.4) is 0 Å². The van der Waals surface area contributed by atoms with Gasteiger partial charge in [-0.05, 0) is 38.6 Å². The van der Waals surface area contributed by atoms with Crippen molar-refractivity contribution >= 4 is 11.8 Å². The zero-order valence-electron chi connectivity index (χ0n) is 11.8. The van der Waals surface area contributed by atoms with Crippen LogP contribution in [0.15, 0.2) is 30.3 Å². The maximum absolute atomic E-state index is 11.8. The van der Waals surface area contributed by atoms with Crippen LogP contribution in [-0.4, -0.2) is 49.4 Å². The summed E-state index contributed by atoms with van der Waals surface area (Å²) in [6.45, 7) is 1.76. The van der Waals surface area contributed by atoms with Crippen molar-refractivity contribution in [3.8, 4) is 0 Å². The van der Waals surface area contributed by atoms with Gasteiger partial charge in [0.05, 0.1) is 6.54 Å². The van der Waals surface area contributed by atoms with Crippen molar-refractivity contribution in [1.82, 2.24) is 15.5 Å². The summed E-state index contributed by atoms with van der Waals surface area (Å²) < 4.78 is 0. The fraction of sp³-hybridized carbons (Fsp3) is 0.467. The molecule has 0 spiro atoms. The van der Waals surface area contributed by atoms with E-state index >= 15 is 0 Å². The number of carbonyl (C=O) groups is 2. The summed E-state index contributed by atoms with van der Waals surface area (Å²) in [5.74, 6) is -0.367. The van der Waals surface area contributed by atoms with Gasteiger partial charge in [-0.25, -0.2) is 0 Å². The Morgan fingerprint density at radius 3 is 2.65 bits per heavy atom. The Hall–Kier alpha value is -1.88. The molecule has 1 heterocycles. The van der Waals surface area contributed by atoms with E-state index < -0.39 is 0 Å². The fourth-order valence-electron chi connectivity index (χ4n) is 2.38. The maximum atomic E-state index is 11.8. The van der Waals surface area contributed by atoms with E-state index in [1.165, 1.54) is 6.42 Å². The van der Waals surface area contributed by atoms with Crippen molar-refractivity contribution in [2.75, 3.05) is 26.7 Å². The van der Waals surface area contributed by atoms with Crippen molar-refractivity contribution in [3.05, 3.63) is 35.9 Å². The first-order valence-electron chi connectivity index (χ1n) is 6.97. The van der Waals surface area contributed by atoms with Crippen LogP contribution in [0.5, 0.6) is 0 Å². The lowest BCUT2D eigenvalue weighted by Crippen LogP contribution is -2.42. The summed E-state index contributed by atoms with van der Waals surface area (Å²) in [4.78, 5) is 25.7. The molecule has 5 nitrogen and oxygen atoms in total. The van der Waals surface area contributed by atoms with E-state index in [1.807, 2.05) is 6.07 Å². The topological polar surface area (TPSA) is 61.4 Å². The minimum atomic E-state index is -0.223. The molecule has 1 unspecified atom stereocenters. The van der Waals surface area contributed by atoms with Crippen LogP contribution in [0, 0.1) is 0 Å². The maximum Gasteiger partial charge on any atom is 0.251 e. The first kappa shape index (κ1) is 14.5. The molecule has 1 aromatic carbocycles. The molecule has 108 valence electrons. The average molecular weight is 275 g/mol. The predicted octanol–water partition coefficient (Wildman–Crippen LogP) is 0.627. The third kappa shape index (κ3) is 4.06. The molecule has 20 heavy (non-hydrogen) atoms. The number of hydrogen-bond acceptors (Lipinski definition) is 3. The van der Waals surface area contributed by atoms with Crippen LogP contribution in [0.1, 0.15) is 23.2 Å². The molecule has 5 heteroatoms. The number of likely N-dealkylation sites (N-methyl/N-ethyl adjacent to an activating group) is 1. The Morgan fingerprint density at radius 1 is 1.25 bits per heavy atom. The van der Waals surface area contributed by atoms with E-state index in [9.17, 15) is 9.59 Å². The van der Waals surface area contributed by atoms with E-state index in [0.717, 1.165) is 13.0 Å². The Kier molecular flexibility index (Phi) is 5.12. The Morgan fingerprint density at radius 2 is 2.00 bits per heavy atom. The molecule has 0 saturated carbocycles. The van der Waals surface area contributed by atoms with Gasteiger partial charge in [0, 0.05) is 18.2 Å². The number of benzene rings is 1. The van der Waals surface area contributed by atoms with E-state index in [4.69, 9.17) is 0 Å². The quantitative estimate of drug-likeness (QED) is 0.828. The first-order chi connectivity index (χ1) is 9.66. The molecule has 1 atom stereocenters. The smallest absolute Gasteiger partial charge is 0.251 e. The summed E-state index contributed by atoms with van der Waals surface area (Å²) >= 11 is 0. The van der Waals surface area contributed by atoms with Crippen LogP contribution in [0.4, 0.5) is 0 Å². The van der Waals surface area contributed by atoms with E-state index in [2.05, 4.69) is 22.6 Å². The minimum Gasteiger partial charge on any atom is -0.353 e. The van der Waals surface area contributed by atoms with Gasteiger partial charge in [-0.15, -0.1) is 0 Å². The molecule has 2 rings (SSSR count). The van der Waals surface area contributed by atoms with E-state index in [1.54, 1.807) is 24.3 Å². The summed E-state index contributed by atoms with van der Waals surface area (Å²) in [6.07, 6.45) is 2.30. The molecular weight excluding hydrogens is 254 g/mol. The number of nitrogens with zero attached hydrogens (tertiary/aromatic N) is 1. The van der Waals surface area contributed by atoms with Crippen molar-refractivity contribution < 1.29 is 9.59 Å². The van der Waals surface area contributed by atoms with Crippen LogP contribution in [-0.2, 0) is 4.79 Å². The van der Waals surface area contributed by atoms with Crippen LogP contribution >= 0.6 is 0 Å². The minimum absolute atomic E-state index is 0.0180. The number of nitrogens with one attached hydrogen (secondary N) is 2. The molecule has 1 aliphatic rings. The van der Waals surface area contributed by atoms with Gasteiger partial charge in [0.1, 0.15) is 0 Å². The zero-order chi connectivity index (χ0) is 14.4. The number of hydrogen-bond donors (Lipinski definition) is 2. The standard InChI is InChI=1S/C15H21N3O2/c1-18-9-5-8-13(18)10-16-14(19)11-17-15(20)12-6-3-2-4-7-12/h2-4,6-7,13H,5,8-11H2,1H3,(H,16,19)(H,17,20). The van der Waals surface area contributed by atoms with E-state index in [-0.39, 0.29) is 18.4 Å². The largest absolute Gasteiger partial charge is 0.353 e. The molecule has 1 fully saturated rings. The van der Waals surface area contributed by atoms with Crippen LogP contribution < -0.4 is 10.6 Å². The van der Waals surface area contributed by atoms with Crippen LogP contribution in [0.2, 0.25) is 0 Å². The first-order valence-corrected chi connectivity index (χ1v) is 6.97. The Labute approximate surface area is 119 Å². The highest BCUT2D eigenvalue weighted by Gasteiger charge is 2.21. The SMILES string of the molecule is CN1CCCC1CNC(=O)CNC(=O)c1ccccc1. The van der Waals surface area contributed by atoms with Crippen molar-refractivity contribution in [2.24, 2.45) is 0 Å². The third-order valence-electron chi connectivity index (χ3n) is 3.65. The molecule has 0 aromatic heterocycles. The number of likely N-dealkylation sites (tertiary alicyclic amines) is 1. The average Bonchev–Trinajstić information content (AvgIpc) is 2.89. The van der Waals surface area contributed by atoms with E-state index in [0.29, 0.717) is 18.2 Å². The normalized spacial score (nSPS) is 18.8.